The van der Waals surface area contributed by atoms with Crippen LogP contribution in [-0.2, 0) is 20.7 Å². The SMILES string of the molecule is NC(=O)CC1(COc2ccc(F)cc2)CN(C(=O)CCc2ccccc2)CCO1. The van der Waals surface area contributed by atoms with Crippen LogP contribution in [0.3, 0.4) is 0 Å². The average molecular weight is 400 g/mol. The first-order valence-electron chi connectivity index (χ1n) is 9.58. The molecule has 154 valence electrons. The number of carbonyl (C=O) groups is 2. The predicted octanol–water partition coefficient (Wildman–Crippen LogP) is 2.31. The summed E-state index contributed by atoms with van der Waals surface area (Å²) in [5.41, 5.74) is 5.49. The van der Waals surface area contributed by atoms with Crippen molar-refractivity contribution < 1.29 is 23.5 Å². The number of morpholine rings is 1. The van der Waals surface area contributed by atoms with Crippen LogP contribution >= 0.6 is 0 Å². The largest absolute Gasteiger partial charge is 0.490 e. The third-order valence-electron chi connectivity index (χ3n) is 4.88. The Morgan fingerprint density at radius 3 is 2.55 bits per heavy atom. The van der Waals surface area contributed by atoms with E-state index in [9.17, 15) is 14.0 Å². The van der Waals surface area contributed by atoms with E-state index in [-0.39, 0.29) is 37.9 Å². The van der Waals surface area contributed by atoms with E-state index in [1.54, 1.807) is 4.90 Å². The molecule has 0 saturated carbocycles. The lowest BCUT2D eigenvalue weighted by Gasteiger charge is -2.42. The maximum Gasteiger partial charge on any atom is 0.223 e. The number of halogens is 1. The summed E-state index contributed by atoms with van der Waals surface area (Å²) in [5, 5.41) is 0. The highest BCUT2D eigenvalue weighted by molar-refractivity contribution is 5.78. The molecule has 0 aromatic heterocycles. The second-order valence-corrected chi connectivity index (χ2v) is 7.22. The monoisotopic (exact) mass is 400 g/mol. The van der Waals surface area contributed by atoms with Crippen LogP contribution in [0.4, 0.5) is 4.39 Å². The predicted molar refractivity (Wildman–Crippen MR) is 106 cm³/mol. The Morgan fingerprint density at radius 1 is 1.14 bits per heavy atom. The molecule has 29 heavy (non-hydrogen) atoms. The van der Waals surface area contributed by atoms with Gasteiger partial charge in [-0.3, -0.25) is 9.59 Å². The summed E-state index contributed by atoms with van der Waals surface area (Å²) in [6, 6.07) is 15.4. The maximum atomic E-state index is 13.1. The Labute approximate surface area is 169 Å². The van der Waals surface area contributed by atoms with E-state index in [4.69, 9.17) is 15.2 Å². The standard InChI is InChI=1S/C22H25FN2O4/c23-18-7-9-19(10-8-18)28-16-22(14-20(24)26)15-25(12-13-29-22)21(27)11-6-17-4-2-1-3-5-17/h1-5,7-10H,6,11-16H2,(H2,24,26). The smallest absolute Gasteiger partial charge is 0.223 e. The van der Waals surface area contributed by atoms with Crippen LogP contribution in [-0.4, -0.2) is 48.6 Å². The zero-order valence-corrected chi connectivity index (χ0v) is 16.2. The molecule has 1 aliphatic heterocycles. The van der Waals surface area contributed by atoms with E-state index < -0.39 is 11.5 Å². The molecule has 0 aliphatic carbocycles. The number of benzene rings is 2. The van der Waals surface area contributed by atoms with Crippen molar-refractivity contribution in [3.8, 4) is 5.75 Å². The minimum atomic E-state index is -1.03. The van der Waals surface area contributed by atoms with Gasteiger partial charge in [0.25, 0.3) is 0 Å². The first-order valence-corrected chi connectivity index (χ1v) is 9.58. The summed E-state index contributed by atoms with van der Waals surface area (Å²) < 4.78 is 24.7. The second kappa shape index (κ2) is 9.52. The van der Waals surface area contributed by atoms with Crippen molar-refractivity contribution >= 4 is 11.8 Å². The molecule has 0 radical (unpaired) electrons. The lowest BCUT2D eigenvalue weighted by molar-refractivity contribution is -0.161. The van der Waals surface area contributed by atoms with Crippen molar-refractivity contribution in [3.63, 3.8) is 0 Å². The van der Waals surface area contributed by atoms with Crippen LogP contribution < -0.4 is 10.5 Å². The molecule has 2 aromatic carbocycles. The minimum Gasteiger partial charge on any atom is -0.490 e. The van der Waals surface area contributed by atoms with E-state index in [1.165, 1.54) is 24.3 Å². The molecular formula is C22H25FN2O4. The Balaban J connectivity index is 1.63. The number of hydrogen-bond acceptors (Lipinski definition) is 4. The number of carbonyl (C=O) groups excluding carboxylic acids is 2. The number of primary amides is 1. The van der Waals surface area contributed by atoms with Gasteiger partial charge in [0, 0.05) is 13.0 Å². The van der Waals surface area contributed by atoms with Crippen LogP contribution in [0.5, 0.6) is 5.75 Å². The summed E-state index contributed by atoms with van der Waals surface area (Å²) in [6.07, 6.45) is 0.943. The average Bonchev–Trinajstić information content (AvgIpc) is 2.72. The highest BCUT2D eigenvalue weighted by atomic mass is 19.1. The normalized spacial score (nSPS) is 19.0. The topological polar surface area (TPSA) is 81.9 Å². The van der Waals surface area contributed by atoms with Crippen LogP contribution in [0.2, 0.25) is 0 Å². The maximum absolute atomic E-state index is 13.1. The quantitative estimate of drug-likeness (QED) is 0.737. The van der Waals surface area contributed by atoms with Gasteiger partial charge in [-0.2, -0.15) is 0 Å². The van der Waals surface area contributed by atoms with Gasteiger partial charge in [0.15, 0.2) is 0 Å². The van der Waals surface area contributed by atoms with Crippen molar-refractivity contribution in [3.05, 3.63) is 66.0 Å². The highest BCUT2D eigenvalue weighted by Crippen LogP contribution is 2.25. The lowest BCUT2D eigenvalue weighted by atomic mass is 9.97. The van der Waals surface area contributed by atoms with Crippen LogP contribution in [0.15, 0.2) is 54.6 Å². The zero-order chi connectivity index (χ0) is 20.7. The first-order chi connectivity index (χ1) is 14.0. The van der Waals surface area contributed by atoms with Crippen LogP contribution in [0.25, 0.3) is 0 Å². The summed E-state index contributed by atoms with van der Waals surface area (Å²) in [6.45, 7) is 0.983. The van der Waals surface area contributed by atoms with Crippen LogP contribution in [0, 0.1) is 5.82 Å². The molecule has 6 nitrogen and oxygen atoms in total. The minimum absolute atomic E-state index is 0.00668. The molecule has 0 spiro atoms. The lowest BCUT2D eigenvalue weighted by Crippen LogP contribution is -2.58. The summed E-state index contributed by atoms with van der Waals surface area (Å²) in [4.78, 5) is 26.1. The van der Waals surface area contributed by atoms with E-state index in [2.05, 4.69) is 0 Å². The van der Waals surface area contributed by atoms with Crippen molar-refractivity contribution in [2.75, 3.05) is 26.3 Å². The molecular weight excluding hydrogens is 375 g/mol. The third kappa shape index (κ3) is 6.02. The van der Waals surface area contributed by atoms with E-state index in [0.29, 0.717) is 25.1 Å². The second-order valence-electron chi connectivity index (χ2n) is 7.22. The molecule has 7 heteroatoms. The molecule has 1 unspecified atom stereocenters. The Kier molecular flexibility index (Phi) is 6.82. The summed E-state index contributed by atoms with van der Waals surface area (Å²) in [7, 11) is 0. The summed E-state index contributed by atoms with van der Waals surface area (Å²) >= 11 is 0. The molecule has 1 saturated heterocycles. The van der Waals surface area contributed by atoms with Gasteiger partial charge in [0.05, 0.1) is 19.6 Å². The Hall–Kier alpha value is -2.93. The zero-order valence-electron chi connectivity index (χ0n) is 16.2. The fraction of sp³-hybridized carbons (Fsp3) is 0.364. The van der Waals surface area contributed by atoms with Crippen molar-refractivity contribution in [2.45, 2.75) is 24.9 Å². The number of hydrogen-bond donors (Lipinski definition) is 1. The molecule has 2 aromatic rings. The van der Waals surface area contributed by atoms with Gasteiger partial charge in [0.1, 0.15) is 23.8 Å². The van der Waals surface area contributed by atoms with Gasteiger partial charge in [-0.25, -0.2) is 4.39 Å². The molecule has 1 heterocycles. The first kappa shape index (κ1) is 20.8. The fourth-order valence-corrected chi connectivity index (χ4v) is 3.42. The van der Waals surface area contributed by atoms with E-state index in [0.717, 1.165) is 5.56 Å². The Bertz CT molecular complexity index is 828. The van der Waals surface area contributed by atoms with Crippen molar-refractivity contribution in [1.82, 2.24) is 4.90 Å². The summed E-state index contributed by atoms with van der Waals surface area (Å²) in [5.74, 6) is -0.459. The van der Waals surface area contributed by atoms with Crippen molar-refractivity contribution in [1.29, 1.82) is 0 Å². The molecule has 3 rings (SSSR count). The fourth-order valence-electron chi connectivity index (χ4n) is 3.42. The van der Waals surface area contributed by atoms with Gasteiger partial charge in [0.2, 0.25) is 11.8 Å². The van der Waals surface area contributed by atoms with E-state index >= 15 is 0 Å². The van der Waals surface area contributed by atoms with Crippen molar-refractivity contribution in [2.24, 2.45) is 5.73 Å². The molecule has 2 amide bonds. The van der Waals surface area contributed by atoms with Crippen LogP contribution in [0.1, 0.15) is 18.4 Å². The highest BCUT2D eigenvalue weighted by Gasteiger charge is 2.40. The number of amides is 2. The molecule has 2 N–H and O–H groups in total. The third-order valence-corrected chi connectivity index (χ3v) is 4.88. The van der Waals surface area contributed by atoms with E-state index in [1.807, 2.05) is 30.3 Å². The van der Waals surface area contributed by atoms with Gasteiger partial charge >= 0.3 is 0 Å². The van der Waals surface area contributed by atoms with Gasteiger partial charge in [-0.1, -0.05) is 30.3 Å². The van der Waals surface area contributed by atoms with Gasteiger partial charge in [-0.05, 0) is 36.2 Å². The van der Waals surface area contributed by atoms with Gasteiger partial charge < -0.3 is 20.1 Å². The number of rotatable bonds is 8. The number of nitrogens with zero attached hydrogens (tertiary/aromatic N) is 1. The molecule has 1 aliphatic rings. The van der Waals surface area contributed by atoms with Gasteiger partial charge in [-0.15, -0.1) is 0 Å². The molecule has 1 atom stereocenters. The number of ether oxygens (including phenoxy) is 2. The number of aryl methyl sites for hydroxylation is 1. The molecule has 1 fully saturated rings. The Morgan fingerprint density at radius 2 is 1.86 bits per heavy atom. The number of nitrogens with two attached hydrogens (primary N) is 1. The molecule has 0 bridgehead atoms.